The molecule has 0 unspecified atom stereocenters. The van der Waals surface area contributed by atoms with Crippen molar-refractivity contribution in [2.24, 2.45) is 11.1 Å². The summed E-state index contributed by atoms with van der Waals surface area (Å²) in [6.45, 7) is 7.35. The first-order valence-corrected chi connectivity index (χ1v) is 6.70. The summed E-state index contributed by atoms with van der Waals surface area (Å²) in [5.41, 5.74) is 5.13. The molecule has 0 atom stereocenters. The number of rotatable bonds is 4. The van der Waals surface area contributed by atoms with E-state index in [-0.39, 0.29) is 11.8 Å². The molecule has 110 valence electrons. The van der Waals surface area contributed by atoms with Crippen LogP contribution in [0, 0.1) is 5.41 Å². The van der Waals surface area contributed by atoms with E-state index in [1.54, 1.807) is 19.0 Å². The minimum Gasteiger partial charge on any atom is -0.348 e. The molecule has 0 spiro atoms. The Kier molecular flexibility index (Phi) is 5.31. The summed E-state index contributed by atoms with van der Waals surface area (Å²) in [4.78, 5) is 29.4. The van der Waals surface area contributed by atoms with Crippen LogP contribution in [-0.4, -0.2) is 79.9 Å². The van der Waals surface area contributed by atoms with Gasteiger partial charge in [-0.05, 0) is 13.8 Å². The highest BCUT2D eigenvalue weighted by atomic mass is 16.2. The van der Waals surface area contributed by atoms with Crippen molar-refractivity contribution in [3.8, 4) is 0 Å². The van der Waals surface area contributed by atoms with Gasteiger partial charge in [-0.15, -0.1) is 0 Å². The quantitative estimate of drug-likeness (QED) is 0.726. The van der Waals surface area contributed by atoms with Gasteiger partial charge in [-0.1, -0.05) is 0 Å². The van der Waals surface area contributed by atoms with Gasteiger partial charge in [-0.2, -0.15) is 0 Å². The van der Waals surface area contributed by atoms with Gasteiger partial charge in [0, 0.05) is 46.8 Å². The average molecular weight is 270 g/mol. The minimum absolute atomic E-state index is 0.0991. The number of hydrogen-bond donors (Lipinski definition) is 1. The van der Waals surface area contributed by atoms with E-state index in [0.717, 1.165) is 13.1 Å². The SMILES string of the molecule is CN(C)C(=O)CN1CCN(C(=O)C(C)(C)CN)CC1. The van der Waals surface area contributed by atoms with E-state index in [1.807, 2.05) is 18.7 Å². The van der Waals surface area contributed by atoms with Gasteiger partial charge in [0.05, 0.1) is 12.0 Å². The van der Waals surface area contributed by atoms with Crippen molar-refractivity contribution in [3.05, 3.63) is 0 Å². The van der Waals surface area contributed by atoms with Crippen LogP contribution in [0.5, 0.6) is 0 Å². The van der Waals surface area contributed by atoms with Gasteiger partial charge in [-0.25, -0.2) is 0 Å². The third-order valence-corrected chi connectivity index (χ3v) is 3.61. The number of likely N-dealkylation sites (N-methyl/N-ethyl adjacent to an activating group) is 1. The number of nitrogens with two attached hydrogens (primary N) is 1. The summed E-state index contributed by atoms with van der Waals surface area (Å²) in [7, 11) is 3.51. The molecule has 19 heavy (non-hydrogen) atoms. The van der Waals surface area contributed by atoms with E-state index in [0.29, 0.717) is 26.2 Å². The molecular formula is C13H26N4O2. The molecule has 1 rings (SSSR count). The smallest absolute Gasteiger partial charge is 0.236 e. The fourth-order valence-corrected chi connectivity index (χ4v) is 1.96. The van der Waals surface area contributed by atoms with E-state index in [4.69, 9.17) is 5.73 Å². The summed E-state index contributed by atoms with van der Waals surface area (Å²) in [6.07, 6.45) is 0. The zero-order valence-electron chi connectivity index (χ0n) is 12.5. The van der Waals surface area contributed by atoms with Crippen molar-refractivity contribution in [1.29, 1.82) is 0 Å². The lowest BCUT2D eigenvalue weighted by molar-refractivity contribution is -0.142. The van der Waals surface area contributed by atoms with Gasteiger partial charge in [0.2, 0.25) is 11.8 Å². The van der Waals surface area contributed by atoms with Crippen molar-refractivity contribution in [2.75, 3.05) is 53.4 Å². The molecule has 1 heterocycles. The maximum absolute atomic E-state index is 12.2. The molecule has 2 N–H and O–H groups in total. The number of hydrogen-bond acceptors (Lipinski definition) is 4. The summed E-state index contributed by atoms with van der Waals surface area (Å²) in [5, 5.41) is 0. The molecule has 0 aliphatic carbocycles. The molecule has 1 saturated heterocycles. The van der Waals surface area contributed by atoms with E-state index in [1.165, 1.54) is 0 Å². The minimum atomic E-state index is -0.498. The van der Waals surface area contributed by atoms with Gasteiger partial charge >= 0.3 is 0 Å². The summed E-state index contributed by atoms with van der Waals surface area (Å²) in [6, 6.07) is 0. The first-order chi connectivity index (χ1) is 8.77. The van der Waals surface area contributed by atoms with Crippen LogP contribution in [0.4, 0.5) is 0 Å². The van der Waals surface area contributed by atoms with Crippen molar-refractivity contribution >= 4 is 11.8 Å². The van der Waals surface area contributed by atoms with Gasteiger partial charge in [-0.3, -0.25) is 14.5 Å². The molecule has 0 aromatic heterocycles. The first-order valence-electron chi connectivity index (χ1n) is 6.70. The van der Waals surface area contributed by atoms with Crippen LogP contribution in [0.2, 0.25) is 0 Å². The Hall–Kier alpha value is -1.14. The van der Waals surface area contributed by atoms with Crippen LogP contribution in [-0.2, 0) is 9.59 Å². The highest BCUT2D eigenvalue weighted by Crippen LogP contribution is 2.18. The molecule has 1 aliphatic heterocycles. The Balaban J connectivity index is 2.45. The molecule has 6 heteroatoms. The Labute approximate surface area is 115 Å². The fourth-order valence-electron chi connectivity index (χ4n) is 1.96. The van der Waals surface area contributed by atoms with Crippen molar-refractivity contribution in [1.82, 2.24) is 14.7 Å². The Morgan fingerprint density at radius 2 is 1.68 bits per heavy atom. The maximum Gasteiger partial charge on any atom is 0.236 e. The molecule has 0 aromatic carbocycles. The second-order valence-corrected chi connectivity index (χ2v) is 5.94. The average Bonchev–Trinajstić information content (AvgIpc) is 2.38. The second kappa shape index (κ2) is 6.34. The zero-order valence-corrected chi connectivity index (χ0v) is 12.5. The van der Waals surface area contributed by atoms with Gasteiger partial charge in [0.25, 0.3) is 0 Å². The van der Waals surface area contributed by atoms with Gasteiger partial charge in [0.15, 0.2) is 0 Å². The molecule has 6 nitrogen and oxygen atoms in total. The topological polar surface area (TPSA) is 69.9 Å². The predicted octanol–water partition coefficient (Wildman–Crippen LogP) is -0.796. The van der Waals surface area contributed by atoms with Gasteiger partial charge in [0.1, 0.15) is 0 Å². The Morgan fingerprint density at radius 1 is 1.16 bits per heavy atom. The van der Waals surface area contributed by atoms with Gasteiger partial charge < -0.3 is 15.5 Å². The lowest BCUT2D eigenvalue weighted by atomic mass is 9.91. The maximum atomic E-state index is 12.2. The van der Waals surface area contributed by atoms with Crippen molar-refractivity contribution in [2.45, 2.75) is 13.8 Å². The van der Waals surface area contributed by atoms with Crippen LogP contribution in [0.3, 0.4) is 0 Å². The van der Waals surface area contributed by atoms with E-state index >= 15 is 0 Å². The Morgan fingerprint density at radius 3 is 2.11 bits per heavy atom. The number of piperazine rings is 1. The molecule has 0 radical (unpaired) electrons. The fraction of sp³-hybridized carbons (Fsp3) is 0.846. The lowest BCUT2D eigenvalue weighted by Crippen LogP contribution is -2.54. The normalized spacial score (nSPS) is 17.4. The predicted molar refractivity (Wildman–Crippen MR) is 74.5 cm³/mol. The van der Waals surface area contributed by atoms with Crippen molar-refractivity contribution in [3.63, 3.8) is 0 Å². The number of carbonyl (C=O) groups excluding carboxylic acids is 2. The third kappa shape index (κ3) is 4.18. The van der Waals surface area contributed by atoms with Crippen LogP contribution in [0.25, 0.3) is 0 Å². The molecule has 0 saturated carbocycles. The molecule has 1 fully saturated rings. The first kappa shape index (κ1) is 15.9. The molecule has 2 amide bonds. The van der Waals surface area contributed by atoms with Crippen LogP contribution in [0.1, 0.15) is 13.8 Å². The summed E-state index contributed by atoms with van der Waals surface area (Å²) >= 11 is 0. The second-order valence-electron chi connectivity index (χ2n) is 5.94. The highest BCUT2D eigenvalue weighted by molar-refractivity contribution is 5.82. The molecule has 0 bridgehead atoms. The van der Waals surface area contributed by atoms with E-state index in [9.17, 15) is 9.59 Å². The Bertz CT molecular complexity index is 334. The van der Waals surface area contributed by atoms with Crippen LogP contribution < -0.4 is 5.73 Å². The summed E-state index contributed by atoms with van der Waals surface area (Å²) < 4.78 is 0. The third-order valence-electron chi connectivity index (χ3n) is 3.61. The van der Waals surface area contributed by atoms with E-state index < -0.39 is 5.41 Å². The number of nitrogens with zero attached hydrogens (tertiary/aromatic N) is 3. The van der Waals surface area contributed by atoms with Crippen molar-refractivity contribution < 1.29 is 9.59 Å². The lowest BCUT2D eigenvalue weighted by Gasteiger charge is -2.38. The molecule has 0 aromatic rings. The highest BCUT2D eigenvalue weighted by Gasteiger charge is 2.32. The standard InChI is InChI=1S/C13H26N4O2/c1-13(2,10-14)12(19)17-7-5-16(6-8-17)9-11(18)15(3)4/h5-10,14H2,1-4H3. The number of carbonyl (C=O) groups is 2. The molecule has 1 aliphatic rings. The number of amides is 2. The largest absolute Gasteiger partial charge is 0.348 e. The molecular weight excluding hydrogens is 244 g/mol. The summed E-state index contributed by atoms with van der Waals surface area (Å²) in [5.74, 6) is 0.204. The monoisotopic (exact) mass is 270 g/mol. The zero-order chi connectivity index (χ0) is 14.6. The van der Waals surface area contributed by atoms with Crippen LogP contribution in [0.15, 0.2) is 0 Å². The van der Waals surface area contributed by atoms with E-state index in [2.05, 4.69) is 4.90 Å². The van der Waals surface area contributed by atoms with Crippen LogP contribution >= 0.6 is 0 Å².